The molecule has 0 fully saturated rings. The molecule has 2 aromatic heterocycles. The number of alkyl halides is 1. The van der Waals surface area contributed by atoms with E-state index >= 15 is 0 Å². The Bertz CT molecular complexity index is 803. The molecule has 0 spiro atoms. The molecule has 0 aliphatic rings. The summed E-state index contributed by atoms with van der Waals surface area (Å²) in [7, 11) is 0. The van der Waals surface area contributed by atoms with E-state index in [1.807, 2.05) is 18.2 Å². The third-order valence-electron chi connectivity index (χ3n) is 2.83. The molecule has 0 bridgehead atoms. The summed E-state index contributed by atoms with van der Waals surface area (Å²) in [6, 6.07) is 5.70. The van der Waals surface area contributed by atoms with Crippen molar-refractivity contribution in [3.63, 3.8) is 0 Å². The molecule has 0 aliphatic carbocycles. The van der Waals surface area contributed by atoms with Gasteiger partial charge in [-0.15, -0.1) is 0 Å². The minimum Gasteiger partial charge on any atom is -0.457 e. The van der Waals surface area contributed by atoms with Crippen LogP contribution < -0.4 is 5.69 Å². The average molecular weight is 451 g/mol. The van der Waals surface area contributed by atoms with Gasteiger partial charge in [0, 0.05) is 10.0 Å². The van der Waals surface area contributed by atoms with E-state index in [1.54, 1.807) is 6.26 Å². The second-order valence-electron chi connectivity index (χ2n) is 4.01. The Morgan fingerprint density at radius 3 is 2.42 bits per heavy atom. The molecule has 3 rings (SSSR count). The quantitative estimate of drug-likeness (QED) is 0.566. The number of hydrogen-bond donors (Lipinski definition) is 2. The maximum Gasteiger partial charge on any atom is 0.323 e. The molecular formula is C12H7Br3N2O2. The van der Waals surface area contributed by atoms with Crippen LogP contribution in [0.15, 0.2) is 42.8 Å². The van der Waals surface area contributed by atoms with Crippen molar-refractivity contribution in [2.75, 3.05) is 0 Å². The predicted octanol–water partition coefficient (Wildman–Crippen LogP) is 4.46. The van der Waals surface area contributed by atoms with Crippen LogP contribution in [0.5, 0.6) is 0 Å². The van der Waals surface area contributed by atoms with Crippen molar-refractivity contribution in [2.24, 2.45) is 0 Å². The van der Waals surface area contributed by atoms with Crippen LogP contribution in [0.2, 0.25) is 0 Å². The normalized spacial score (nSPS) is 13.0. The molecule has 19 heavy (non-hydrogen) atoms. The van der Waals surface area contributed by atoms with Gasteiger partial charge in [0.1, 0.15) is 0 Å². The first-order chi connectivity index (χ1) is 9.06. The number of hydrogen-bond acceptors (Lipinski definition) is 2. The molecular weight excluding hydrogens is 444 g/mol. The number of aromatic nitrogens is 2. The first kappa shape index (κ1) is 13.2. The molecule has 3 aromatic rings. The number of furan rings is 1. The van der Waals surface area contributed by atoms with Crippen LogP contribution in [-0.2, 0) is 0 Å². The summed E-state index contributed by atoms with van der Waals surface area (Å²) in [6.45, 7) is 0. The fraction of sp³-hybridized carbons (Fsp3) is 0.0833. The van der Waals surface area contributed by atoms with E-state index in [4.69, 9.17) is 4.42 Å². The molecule has 4 nitrogen and oxygen atoms in total. The first-order valence-corrected chi connectivity index (χ1v) is 7.85. The molecule has 1 atom stereocenters. The minimum absolute atomic E-state index is 0.0437. The Balaban J connectivity index is 2.16. The summed E-state index contributed by atoms with van der Waals surface area (Å²) < 4.78 is 6.84. The van der Waals surface area contributed by atoms with Crippen molar-refractivity contribution in [1.82, 2.24) is 9.97 Å². The zero-order valence-corrected chi connectivity index (χ0v) is 14.1. The highest BCUT2D eigenvalue weighted by molar-refractivity contribution is 9.11. The van der Waals surface area contributed by atoms with Gasteiger partial charge in [0.25, 0.3) is 0 Å². The Labute approximate surface area is 133 Å². The molecule has 1 aromatic carbocycles. The molecule has 0 radical (unpaired) electrons. The second kappa shape index (κ2) is 4.96. The number of fused-ring (bicyclic) bond motifs is 1. The van der Waals surface area contributed by atoms with Crippen LogP contribution in [0.1, 0.15) is 16.0 Å². The van der Waals surface area contributed by atoms with Gasteiger partial charge in [-0.25, -0.2) is 4.79 Å². The molecule has 2 N–H and O–H groups in total. The third kappa shape index (κ3) is 2.34. The predicted molar refractivity (Wildman–Crippen MR) is 83.8 cm³/mol. The van der Waals surface area contributed by atoms with Crippen LogP contribution in [0.3, 0.4) is 0 Å². The highest BCUT2D eigenvalue weighted by atomic mass is 79.9. The van der Waals surface area contributed by atoms with Gasteiger partial charge in [-0.05, 0) is 39.7 Å². The van der Waals surface area contributed by atoms with Gasteiger partial charge in [-0.2, -0.15) is 0 Å². The number of nitrogens with one attached hydrogen (secondary N) is 2. The lowest BCUT2D eigenvalue weighted by Crippen LogP contribution is -1.99. The lowest BCUT2D eigenvalue weighted by Gasteiger charge is -2.11. The number of halogens is 3. The maximum atomic E-state index is 11.3. The zero-order chi connectivity index (χ0) is 13.6. The van der Waals surface area contributed by atoms with Gasteiger partial charge in [0.15, 0.2) is 4.67 Å². The number of benzene rings is 1. The van der Waals surface area contributed by atoms with E-state index in [2.05, 4.69) is 57.8 Å². The Kier molecular flexibility index (Phi) is 3.44. The van der Waals surface area contributed by atoms with Crippen LogP contribution in [0.4, 0.5) is 0 Å². The van der Waals surface area contributed by atoms with Crippen molar-refractivity contribution in [2.45, 2.75) is 4.83 Å². The molecule has 2 heterocycles. The van der Waals surface area contributed by atoms with Crippen molar-refractivity contribution in [3.05, 3.63) is 55.2 Å². The Morgan fingerprint density at radius 1 is 1.11 bits per heavy atom. The largest absolute Gasteiger partial charge is 0.457 e. The molecule has 0 saturated heterocycles. The third-order valence-corrected chi connectivity index (χ3v) is 5.14. The smallest absolute Gasteiger partial charge is 0.323 e. The molecule has 98 valence electrons. The number of aromatic amines is 2. The summed E-state index contributed by atoms with van der Waals surface area (Å²) in [4.78, 5) is 16.7. The number of imidazole rings is 1. The van der Waals surface area contributed by atoms with Crippen LogP contribution in [0.25, 0.3) is 11.0 Å². The number of rotatable bonds is 2. The van der Waals surface area contributed by atoms with Gasteiger partial charge >= 0.3 is 5.69 Å². The summed E-state index contributed by atoms with van der Waals surface area (Å²) in [5, 5.41) is 0. The summed E-state index contributed by atoms with van der Waals surface area (Å²) >= 11 is 10.5. The fourth-order valence-corrected chi connectivity index (χ4v) is 4.31. The Morgan fingerprint density at radius 2 is 1.79 bits per heavy atom. The monoisotopic (exact) mass is 448 g/mol. The first-order valence-electron chi connectivity index (χ1n) is 5.34. The van der Waals surface area contributed by atoms with Gasteiger partial charge in [-0.3, -0.25) is 0 Å². The Hall–Kier alpha value is -0.790. The topological polar surface area (TPSA) is 61.8 Å². The number of H-pyrrole nitrogens is 2. The van der Waals surface area contributed by atoms with Crippen molar-refractivity contribution < 1.29 is 4.42 Å². The van der Waals surface area contributed by atoms with E-state index in [9.17, 15) is 4.79 Å². The van der Waals surface area contributed by atoms with Gasteiger partial charge < -0.3 is 14.4 Å². The van der Waals surface area contributed by atoms with E-state index in [-0.39, 0.29) is 10.5 Å². The van der Waals surface area contributed by atoms with E-state index < -0.39 is 0 Å². The van der Waals surface area contributed by atoms with Gasteiger partial charge in [-0.1, -0.05) is 31.9 Å². The highest BCUT2D eigenvalue weighted by Crippen LogP contribution is 2.40. The van der Waals surface area contributed by atoms with E-state index in [1.165, 1.54) is 0 Å². The lowest BCUT2D eigenvalue weighted by molar-refractivity contribution is 0.537. The maximum absolute atomic E-state index is 11.3. The minimum atomic E-state index is -0.213. The van der Waals surface area contributed by atoms with Gasteiger partial charge in [0.2, 0.25) is 0 Å². The summed E-state index contributed by atoms with van der Waals surface area (Å²) in [5.74, 6) is 0. The van der Waals surface area contributed by atoms with Crippen molar-refractivity contribution in [3.8, 4) is 0 Å². The summed E-state index contributed by atoms with van der Waals surface area (Å²) in [6.07, 6.45) is 1.62. The standard InChI is InChI=1S/C12H7Br3N2O2/c13-7-4-9-8(16-12(18)17-9)3-6(7)10(14)5-1-2-19-11(5)15/h1-4,10H,(H2,16,17,18). The van der Waals surface area contributed by atoms with Crippen LogP contribution in [-0.4, -0.2) is 9.97 Å². The molecule has 1 unspecified atom stereocenters. The van der Waals surface area contributed by atoms with Crippen LogP contribution in [0, 0.1) is 0 Å². The van der Waals surface area contributed by atoms with Gasteiger partial charge in [0.05, 0.1) is 22.1 Å². The average Bonchev–Trinajstić information content (AvgIpc) is 2.92. The summed E-state index contributed by atoms with van der Waals surface area (Å²) in [5.41, 5.74) is 3.32. The van der Waals surface area contributed by atoms with Crippen molar-refractivity contribution in [1.29, 1.82) is 0 Å². The molecule has 0 saturated carbocycles. The van der Waals surface area contributed by atoms with E-state index in [0.717, 1.165) is 26.6 Å². The van der Waals surface area contributed by atoms with Crippen molar-refractivity contribution >= 4 is 58.8 Å². The fourth-order valence-electron chi connectivity index (χ4n) is 1.92. The second-order valence-corrected chi connectivity index (χ2v) is 6.50. The van der Waals surface area contributed by atoms with E-state index in [0.29, 0.717) is 4.67 Å². The molecule has 0 amide bonds. The lowest BCUT2D eigenvalue weighted by atomic mass is 10.1. The molecule has 0 aliphatic heterocycles. The van der Waals surface area contributed by atoms with Crippen LogP contribution >= 0.6 is 47.8 Å². The molecule has 7 heteroatoms. The zero-order valence-electron chi connectivity index (χ0n) is 9.34. The highest BCUT2D eigenvalue weighted by Gasteiger charge is 2.19. The SMILES string of the molecule is O=c1[nH]c2cc(Br)c(C(Br)c3ccoc3Br)cc2[nH]1.